The number of phenolic OH excluding ortho intramolecular Hbond substituents is 1. The molecule has 1 N–H and O–H groups in total. The minimum atomic E-state index is -4.66. The highest BCUT2D eigenvalue weighted by Gasteiger charge is 2.34. The van der Waals surface area contributed by atoms with Gasteiger partial charge in [0.25, 0.3) is 0 Å². The zero-order chi connectivity index (χ0) is 17.0. The van der Waals surface area contributed by atoms with E-state index in [1.54, 1.807) is 31.2 Å². The number of aromatic hydroxyl groups is 1. The third-order valence-corrected chi connectivity index (χ3v) is 3.27. The molecular weight excluding hydrogens is 309 g/mol. The molecule has 0 aliphatic heterocycles. The predicted octanol–water partition coefficient (Wildman–Crippen LogP) is 4.18. The summed E-state index contributed by atoms with van der Waals surface area (Å²) in [6, 6.07) is 9.91. The van der Waals surface area contributed by atoms with Crippen molar-refractivity contribution < 1.29 is 27.8 Å². The molecule has 0 heterocycles. The topological polar surface area (TPSA) is 46.5 Å². The number of alkyl halides is 3. The molecule has 2 aromatic carbocycles. The molecule has 23 heavy (non-hydrogen) atoms. The van der Waals surface area contributed by atoms with E-state index in [2.05, 4.69) is 0 Å². The van der Waals surface area contributed by atoms with E-state index in [-0.39, 0.29) is 18.6 Å². The summed E-state index contributed by atoms with van der Waals surface area (Å²) in [5.74, 6) is -1.28. The van der Waals surface area contributed by atoms with Gasteiger partial charge >= 0.3 is 12.1 Å². The summed E-state index contributed by atoms with van der Waals surface area (Å²) in [5, 5.41) is 9.41. The van der Waals surface area contributed by atoms with Crippen LogP contribution in [0.25, 0.3) is 11.1 Å². The molecule has 3 nitrogen and oxygen atoms in total. The van der Waals surface area contributed by atoms with Crippen LogP contribution in [0, 0.1) is 0 Å². The zero-order valence-electron chi connectivity index (χ0n) is 12.4. The molecular formula is C17H15F3O3. The lowest BCUT2D eigenvalue weighted by atomic mass is 9.96. The van der Waals surface area contributed by atoms with E-state index < -0.39 is 23.5 Å². The molecule has 0 saturated heterocycles. The lowest BCUT2D eigenvalue weighted by Gasteiger charge is -2.13. The first-order valence-electron chi connectivity index (χ1n) is 6.97. The maximum atomic E-state index is 12.9. The van der Waals surface area contributed by atoms with E-state index in [4.69, 9.17) is 4.74 Å². The van der Waals surface area contributed by atoms with Crippen LogP contribution in [0.4, 0.5) is 13.2 Å². The molecule has 0 fully saturated rings. The van der Waals surface area contributed by atoms with Crippen LogP contribution >= 0.6 is 0 Å². The first-order chi connectivity index (χ1) is 10.8. The van der Waals surface area contributed by atoms with Crippen molar-refractivity contribution in [2.24, 2.45) is 0 Å². The quantitative estimate of drug-likeness (QED) is 0.858. The normalized spacial score (nSPS) is 11.3. The Kier molecular flexibility index (Phi) is 4.93. The van der Waals surface area contributed by atoms with Crippen molar-refractivity contribution in [3.63, 3.8) is 0 Å². The number of hydrogen-bond acceptors (Lipinski definition) is 3. The molecule has 2 aromatic rings. The standard InChI is InChI=1S/C17H15F3O3/c1-2-23-16(22)10-11-5-3-4-6-13(11)12-7-8-15(21)14(9-12)17(18,19)20/h3-9,21H,2,10H2,1H3. The van der Waals surface area contributed by atoms with Crippen molar-refractivity contribution in [2.75, 3.05) is 6.61 Å². The van der Waals surface area contributed by atoms with Crippen molar-refractivity contribution in [3.05, 3.63) is 53.6 Å². The number of halogens is 3. The molecule has 122 valence electrons. The second-order valence-corrected chi connectivity index (χ2v) is 4.87. The third kappa shape index (κ3) is 4.03. The maximum Gasteiger partial charge on any atom is 0.419 e. The number of carbonyl (C=O) groups is 1. The van der Waals surface area contributed by atoms with E-state index in [9.17, 15) is 23.1 Å². The SMILES string of the molecule is CCOC(=O)Cc1ccccc1-c1ccc(O)c(C(F)(F)F)c1. The summed E-state index contributed by atoms with van der Waals surface area (Å²) in [6.45, 7) is 1.91. The van der Waals surface area contributed by atoms with Crippen molar-refractivity contribution in [1.29, 1.82) is 0 Å². The highest BCUT2D eigenvalue weighted by molar-refractivity contribution is 5.78. The van der Waals surface area contributed by atoms with Crippen LogP contribution in [0.5, 0.6) is 5.75 Å². The fraction of sp³-hybridized carbons (Fsp3) is 0.235. The molecule has 0 aliphatic rings. The number of phenols is 1. The van der Waals surface area contributed by atoms with Gasteiger partial charge in [-0.3, -0.25) is 4.79 Å². The van der Waals surface area contributed by atoms with E-state index in [0.29, 0.717) is 11.1 Å². The van der Waals surface area contributed by atoms with Crippen LogP contribution in [0.1, 0.15) is 18.1 Å². The van der Waals surface area contributed by atoms with Crippen molar-refractivity contribution in [2.45, 2.75) is 19.5 Å². The van der Waals surface area contributed by atoms with Crippen LogP contribution in [0.15, 0.2) is 42.5 Å². The smallest absolute Gasteiger partial charge is 0.419 e. The molecule has 6 heteroatoms. The fourth-order valence-corrected chi connectivity index (χ4v) is 2.25. The maximum absolute atomic E-state index is 12.9. The minimum absolute atomic E-state index is 0.0355. The van der Waals surface area contributed by atoms with Crippen LogP contribution in [0.2, 0.25) is 0 Å². The number of ether oxygens (including phenoxy) is 1. The van der Waals surface area contributed by atoms with Gasteiger partial charge in [0.15, 0.2) is 0 Å². The Hall–Kier alpha value is -2.50. The molecule has 0 saturated carbocycles. The van der Waals surface area contributed by atoms with Gasteiger partial charge in [0.1, 0.15) is 5.75 Å². The largest absolute Gasteiger partial charge is 0.507 e. The Labute approximate surface area is 131 Å². The van der Waals surface area contributed by atoms with Gasteiger partial charge in [-0.05, 0) is 35.7 Å². The Morgan fingerprint density at radius 1 is 1.17 bits per heavy atom. The van der Waals surface area contributed by atoms with Crippen molar-refractivity contribution >= 4 is 5.97 Å². The lowest BCUT2D eigenvalue weighted by Crippen LogP contribution is -2.09. The van der Waals surface area contributed by atoms with Crippen LogP contribution in [-0.2, 0) is 22.1 Å². The van der Waals surface area contributed by atoms with Gasteiger partial charge in [-0.2, -0.15) is 13.2 Å². The summed E-state index contributed by atoms with van der Waals surface area (Å²) in [7, 11) is 0. The summed E-state index contributed by atoms with van der Waals surface area (Å²) in [4.78, 5) is 11.6. The molecule has 0 radical (unpaired) electrons. The van der Waals surface area contributed by atoms with Gasteiger partial charge in [0.2, 0.25) is 0 Å². The average Bonchev–Trinajstić information content (AvgIpc) is 2.47. The average molecular weight is 324 g/mol. The number of hydrogen-bond donors (Lipinski definition) is 1. The Morgan fingerprint density at radius 2 is 1.87 bits per heavy atom. The highest BCUT2D eigenvalue weighted by atomic mass is 19.4. The van der Waals surface area contributed by atoms with E-state index >= 15 is 0 Å². The molecule has 2 rings (SSSR count). The summed E-state index contributed by atoms with van der Waals surface area (Å²) >= 11 is 0. The first-order valence-corrected chi connectivity index (χ1v) is 6.97. The van der Waals surface area contributed by atoms with Crippen molar-refractivity contribution in [1.82, 2.24) is 0 Å². The Bertz CT molecular complexity index is 708. The number of rotatable bonds is 4. The van der Waals surface area contributed by atoms with E-state index in [0.717, 1.165) is 12.1 Å². The van der Waals surface area contributed by atoms with Crippen molar-refractivity contribution in [3.8, 4) is 16.9 Å². The molecule has 0 unspecified atom stereocenters. The minimum Gasteiger partial charge on any atom is -0.507 e. The second-order valence-electron chi connectivity index (χ2n) is 4.87. The van der Waals surface area contributed by atoms with Crippen LogP contribution in [-0.4, -0.2) is 17.7 Å². The highest BCUT2D eigenvalue weighted by Crippen LogP contribution is 2.38. The fourth-order valence-electron chi connectivity index (χ4n) is 2.25. The molecule has 0 amide bonds. The number of carbonyl (C=O) groups excluding carboxylic acids is 1. The third-order valence-electron chi connectivity index (χ3n) is 3.27. The van der Waals surface area contributed by atoms with Gasteiger partial charge in [0, 0.05) is 0 Å². The Balaban J connectivity index is 2.45. The number of benzene rings is 2. The van der Waals surface area contributed by atoms with Crippen LogP contribution < -0.4 is 0 Å². The lowest BCUT2D eigenvalue weighted by molar-refractivity contribution is -0.142. The van der Waals surface area contributed by atoms with E-state index in [1.165, 1.54) is 6.07 Å². The van der Waals surface area contributed by atoms with Crippen LogP contribution in [0.3, 0.4) is 0 Å². The second kappa shape index (κ2) is 6.73. The molecule has 0 aromatic heterocycles. The molecule has 0 spiro atoms. The van der Waals surface area contributed by atoms with Gasteiger partial charge in [0.05, 0.1) is 18.6 Å². The molecule has 0 aliphatic carbocycles. The summed E-state index contributed by atoms with van der Waals surface area (Å²) in [5.41, 5.74) is 0.215. The Morgan fingerprint density at radius 3 is 2.52 bits per heavy atom. The van der Waals surface area contributed by atoms with Gasteiger partial charge in [-0.25, -0.2) is 0 Å². The summed E-state index contributed by atoms with van der Waals surface area (Å²) in [6.07, 6.45) is -4.69. The molecule has 0 bridgehead atoms. The van der Waals surface area contributed by atoms with Gasteiger partial charge < -0.3 is 9.84 Å². The van der Waals surface area contributed by atoms with E-state index in [1.807, 2.05) is 0 Å². The number of esters is 1. The monoisotopic (exact) mass is 324 g/mol. The zero-order valence-corrected chi connectivity index (χ0v) is 12.4. The van der Waals surface area contributed by atoms with Gasteiger partial charge in [-0.1, -0.05) is 30.3 Å². The first kappa shape index (κ1) is 16.9. The molecule has 0 atom stereocenters. The predicted molar refractivity (Wildman–Crippen MR) is 78.9 cm³/mol. The summed E-state index contributed by atoms with van der Waals surface area (Å²) < 4.78 is 43.6. The van der Waals surface area contributed by atoms with Gasteiger partial charge in [-0.15, -0.1) is 0 Å².